The zero-order valence-electron chi connectivity index (χ0n) is 9.33. The normalized spacial score (nSPS) is 10.4. The van der Waals surface area contributed by atoms with E-state index in [-0.39, 0.29) is 5.97 Å². The summed E-state index contributed by atoms with van der Waals surface area (Å²) in [5.74, 6) is -0.358. The van der Waals surface area contributed by atoms with Crippen LogP contribution in [0.3, 0.4) is 0 Å². The number of rotatable bonds is 2. The Hall–Kier alpha value is -2.03. The lowest BCUT2D eigenvalue weighted by atomic mass is 10.0. The van der Waals surface area contributed by atoms with E-state index in [1.807, 2.05) is 25.1 Å². The minimum atomic E-state index is -0.358. The van der Waals surface area contributed by atoms with Gasteiger partial charge in [0.15, 0.2) is 0 Å². The number of benzene rings is 1. The van der Waals surface area contributed by atoms with E-state index in [2.05, 4.69) is 16.3 Å². The number of nitrogens with one attached hydrogen (secondary N) is 1. The first kappa shape index (κ1) is 10.5. The minimum Gasteiger partial charge on any atom is -0.464 e. The quantitative estimate of drug-likeness (QED) is 0.782. The number of methoxy groups -OCH3 is 1. The van der Waals surface area contributed by atoms with Gasteiger partial charge in [0.05, 0.1) is 7.11 Å². The van der Waals surface area contributed by atoms with Crippen LogP contribution in [-0.4, -0.2) is 18.1 Å². The lowest BCUT2D eigenvalue weighted by Gasteiger charge is -2.00. The van der Waals surface area contributed by atoms with Crippen LogP contribution in [0.25, 0.3) is 16.5 Å². The van der Waals surface area contributed by atoms with E-state index in [4.69, 9.17) is 0 Å². The van der Waals surface area contributed by atoms with Gasteiger partial charge in [-0.2, -0.15) is 0 Å². The summed E-state index contributed by atoms with van der Waals surface area (Å²) in [5, 5.41) is 0.996. The van der Waals surface area contributed by atoms with Crippen LogP contribution in [0.2, 0.25) is 0 Å². The van der Waals surface area contributed by atoms with Gasteiger partial charge >= 0.3 is 5.97 Å². The van der Waals surface area contributed by atoms with Gasteiger partial charge in [-0.25, -0.2) is 4.79 Å². The monoisotopic (exact) mass is 215 g/mol. The second-order valence-electron chi connectivity index (χ2n) is 3.72. The molecule has 0 aliphatic heterocycles. The smallest absolute Gasteiger partial charge is 0.354 e. The van der Waals surface area contributed by atoms with Crippen LogP contribution in [0.1, 0.15) is 23.0 Å². The average Bonchev–Trinajstić information content (AvgIpc) is 2.70. The van der Waals surface area contributed by atoms with Gasteiger partial charge in [-0.1, -0.05) is 24.3 Å². The molecule has 82 valence electrons. The fourth-order valence-corrected chi connectivity index (χ4v) is 1.75. The molecule has 3 heteroatoms. The lowest BCUT2D eigenvalue weighted by molar-refractivity contribution is 0.0595. The molecular formula is C13H13NO2. The molecule has 0 bridgehead atoms. The number of aromatic nitrogens is 1. The number of carbonyl (C=O) groups is 1. The molecule has 0 atom stereocenters. The van der Waals surface area contributed by atoms with Crippen molar-refractivity contribution in [2.75, 3.05) is 7.11 Å². The first-order chi connectivity index (χ1) is 7.63. The van der Waals surface area contributed by atoms with Gasteiger partial charge in [0.25, 0.3) is 0 Å². The van der Waals surface area contributed by atoms with E-state index in [1.54, 1.807) is 6.07 Å². The standard InChI is InChI=1S/C13H13NO2/c1-8(2)9-5-4-6-11-10(9)7-12(14-11)13(15)16-3/h4-7,14H,1H2,2-3H3. The molecule has 0 saturated heterocycles. The fourth-order valence-electron chi connectivity index (χ4n) is 1.75. The molecule has 3 nitrogen and oxygen atoms in total. The van der Waals surface area contributed by atoms with Crippen molar-refractivity contribution in [1.82, 2.24) is 4.98 Å². The number of allylic oxidation sites excluding steroid dienone is 1. The summed E-state index contributed by atoms with van der Waals surface area (Å²) in [7, 11) is 1.37. The van der Waals surface area contributed by atoms with Gasteiger partial charge in [0.1, 0.15) is 5.69 Å². The molecule has 0 unspecified atom stereocenters. The third kappa shape index (κ3) is 1.60. The summed E-state index contributed by atoms with van der Waals surface area (Å²) in [6, 6.07) is 7.64. The first-order valence-corrected chi connectivity index (χ1v) is 4.99. The summed E-state index contributed by atoms with van der Waals surface area (Å²) in [6.07, 6.45) is 0. The summed E-state index contributed by atoms with van der Waals surface area (Å²) in [4.78, 5) is 14.4. The van der Waals surface area contributed by atoms with Gasteiger partial charge in [-0.05, 0) is 24.6 Å². The first-order valence-electron chi connectivity index (χ1n) is 4.99. The van der Waals surface area contributed by atoms with E-state index in [0.717, 1.165) is 22.0 Å². The highest BCUT2D eigenvalue weighted by molar-refractivity contribution is 5.99. The number of ether oxygens (including phenoxy) is 1. The van der Waals surface area contributed by atoms with Crippen LogP contribution >= 0.6 is 0 Å². The van der Waals surface area contributed by atoms with Crippen molar-refractivity contribution in [1.29, 1.82) is 0 Å². The van der Waals surface area contributed by atoms with E-state index in [1.165, 1.54) is 7.11 Å². The summed E-state index contributed by atoms with van der Waals surface area (Å²) >= 11 is 0. The Morgan fingerprint density at radius 1 is 1.44 bits per heavy atom. The zero-order valence-corrected chi connectivity index (χ0v) is 9.33. The zero-order chi connectivity index (χ0) is 11.7. The van der Waals surface area contributed by atoms with E-state index < -0.39 is 0 Å². The number of carbonyl (C=O) groups excluding carboxylic acids is 1. The maximum atomic E-state index is 11.4. The van der Waals surface area contributed by atoms with Crippen LogP contribution in [0.4, 0.5) is 0 Å². The van der Waals surface area contributed by atoms with Crippen molar-refractivity contribution in [3.63, 3.8) is 0 Å². The third-order valence-corrected chi connectivity index (χ3v) is 2.53. The van der Waals surface area contributed by atoms with Gasteiger partial charge in [-0.3, -0.25) is 0 Å². The number of hydrogen-bond acceptors (Lipinski definition) is 2. The highest BCUT2D eigenvalue weighted by atomic mass is 16.5. The molecule has 0 fully saturated rings. The maximum absolute atomic E-state index is 11.4. The summed E-state index contributed by atoms with van der Waals surface area (Å²) in [6.45, 7) is 5.86. The second kappa shape index (κ2) is 3.85. The van der Waals surface area contributed by atoms with Gasteiger partial charge in [-0.15, -0.1) is 0 Å². The molecule has 1 heterocycles. The molecule has 16 heavy (non-hydrogen) atoms. The number of esters is 1. The van der Waals surface area contributed by atoms with Crippen LogP contribution in [0, 0.1) is 0 Å². The Labute approximate surface area is 93.7 Å². The average molecular weight is 215 g/mol. The number of H-pyrrole nitrogens is 1. The van der Waals surface area contributed by atoms with Crippen molar-refractivity contribution < 1.29 is 9.53 Å². The summed E-state index contributed by atoms with van der Waals surface area (Å²) in [5.41, 5.74) is 3.40. The van der Waals surface area contributed by atoms with Gasteiger partial charge in [0.2, 0.25) is 0 Å². The second-order valence-corrected chi connectivity index (χ2v) is 3.72. The van der Waals surface area contributed by atoms with Crippen LogP contribution < -0.4 is 0 Å². The molecule has 1 N–H and O–H groups in total. The fraction of sp³-hybridized carbons (Fsp3) is 0.154. The Balaban J connectivity index is 2.65. The van der Waals surface area contributed by atoms with Gasteiger partial charge < -0.3 is 9.72 Å². The van der Waals surface area contributed by atoms with Crippen molar-refractivity contribution in [2.24, 2.45) is 0 Å². The molecule has 0 saturated carbocycles. The Bertz CT molecular complexity index is 566. The molecule has 1 aromatic carbocycles. The topological polar surface area (TPSA) is 42.1 Å². The van der Waals surface area contributed by atoms with Crippen LogP contribution in [0.15, 0.2) is 30.8 Å². The molecule has 0 radical (unpaired) electrons. The molecule has 0 spiro atoms. The van der Waals surface area contributed by atoms with Crippen LogP contribution in [-0.2, 0) is 4.74 Å². The van der Waals surface area contributed by atoms with Crippen LogP contribution in [0.5, 0.6) is 0 Å². The molecule has 0 aliphatic rings. The third-order valence-electron chi connectivity index (χ3n) is 2.53. The molecular weight excluding hydrogens is 202 g/mol. The maximum Gasteiger partial charge on any atom is 0.354 e. The predicted molar refractivity (Wildman–Crippen MR) is 64.3 cm³/mol. The lowest BCUT2D eigenvalue weighted by Crippen LogP contribution is -2.00. The molecule has 0 aliphatic carbocycles. The largest absolute Gasteiger partial charge is 0.464 e. The van der Waals surface area contributed by atoms with Crippen molar-refractivity contribution >= 4 is 22.4 Å². The Morgan fingerprint density at radius 3 is 2.81 bits per heavy atom. The highest BCUT2D eigenvalue weighted by Crippen LogP contribution is 2.24. The number of fused-ring (bicyclic) bond motifs is 1. The van der Waals surface area contributed by atoms with Crippen molar-refractivity contribution in [3.05, 3.63) is 42.1 Å². The highest BCUT2D eigenvalue weighted by Gasteiger charge is 2.11. The van der Waals surface area contributed by atoms with Gasteiger partial charge in [0, 0.05) is 10.9 Å². The van der Waals surface area contributed by atoms with Crippen molar-refractivity contribution in [3.8, 4) is 0 Å². The van der Waals surface area contributed by atoms with Crippen molar-refractivity contribution in [2.45, 2.75) is 6.92 Å². The number of hydrogen-bond donors (Lipinski definition) is 1. The molecule has 2 aromatic rings. The molecule has 1 aromatic heterocycles. The minimum absolute atomic E-state index is 0.358. The van der Waals surface area contributed by atoms with E-state index in [0.29, 0.717) is 5.69 Å². The Morgan fingerprint density at radius 2 is 2.19 bits per heavy atom. The summed E-state index contributed by atoms with van der Waals surface area (Å²) < 4.78 is 4.67. The molecule has 0 amide bonds. The number of aromatic amines is 1. The van der Waals surface area contributed by atoms with E-state index in [9.17, 15) is 4.79 Å². The predicted octanol–water partition coefficient (Wildman–Crippen LogP) is 2.99. The molecule has 2 rings (SSSR count). The Kier molecular flexibility index (Phi) is 2.52. The SMILES string of the molecule is C=C(C)c1cccc2[nH]c(C(=O)OC)cc12. The van der Waals surface area contributed by atoms with E-state index >= 15 is 0 Å².